The molecule has 6 nitrogen and oxygen atoms in total. The van der Waals surface area contributed by atoms with Gasteiger partial charge < -0.3 is 14.6 Å². The normalized spacial score (nSPS) is 12.0. The van der Waals surface area contributed by atoms with Crippen molar-refractivity contribution in [1.82, 2.24) is 20.1 Å². The van der Waals surface area contributed by atoms with E-state index in [1.54, 1.807) is 6.07 Å². The number of ether oxygens (including phenoxy) is 1. The molecule has 0 fully saturated rings. The quantitative estimate of drug-likeness (QED) is 0.426. The Morgan fingerprint density at radius 1 is 1.10 bits per heavy atom. The molecule has 1 unspecified atom stereocenters. The van der Waals surface area contributed by atoms with Crippen LogP contribution < -0.4 is 10.1 Å². The predicted octanol–water partition coefficient (Wildman–Crippen LogP) is 5.14. The fourth-order valence-electron chi connectivity index (χ4n) is 3.01. The summed E-state index contributed by atoms with van der Waals surface area (Å²) >= 11 is 7.60. The van der Waals surface area contributed by atoms with Crippen molar-refractivity contribution in [2.45, 2.75) is 45.1 Å². The van der Waals surface area contributed by atoms with Gasteiger partial charge >= 0.3 is 0 Å². The number of carbonyl (C=O) groups excluding carboxylic acids is 1. The molecule has 1 atom stereocenters. The summed E-state index contributed by atoms with van der Waals surface area (Å²) in [6.45, 7) is 7.42. The van der Waals surface area contributed by atoms with Crippen LogP contribution in [0.25, 0.3) is 0 Å². The van der Waals surface area contributed by atoms with E-state index in [4.69, 9.17) is 16.3 Å². The number of nitrogens with zero attached hydrogens (tertiary/aromatic N) is 3. The second-order valence-corrected chi connectivity index (χ2v) is 8.94. The van der Waals surface area contributed by atoms with E-state index < -0.39 is 0 Å². The van der Waals surface area contributed by atoms with Crippen LogP contribution in [0.2, 0.25) is 5.02 Å². The maximum Gasteiger partial charge on any atom is 0.230 e. The lowest BCUT2D eigenvalue weighted by atomic mass is 10.2. The van der Waals surface area contributed by atoms with Crippen LogP contribution in [0.3, 0.4) is 0 Å². The minimum absolute atomic E-state index is 0.0464. The number of benzene rings is 2. The Bertz CT molecular complexity index is 994. The van der Waals surface area contributed by atoms with E-state index in [1.165, 1.54) is 11.8 Å². The summed E-state index contributed by atoms with van der Waals surface area (Å²) in [4.78, 5) is 12.3. The maximum atomic E-state index is 12.3. The largest absolute Gasteiger partial charge is 0.481 e. The van der Waals surface area contributed by atoms with E-state index in [2.05, 4.69) is 29.4 Å². The SMILES string of the molecule is CC(C)Cn1c(SCC(=O)NCc2ccccc2)nnc1C(C)Oc1ccccc1Cl. The van der Waals surface area contributed by atoms with Crippen LogP contribution >= 0.6 is 23.4 Å². The van der Waals surface area contributed by atoms with Crippen molar-refractivity contribution in [2.24, 2.45) is 5.92 Å². The van der Waals surface area contributed by atoms with Crippen molar-refractivity contribution in [2.75, 3.05) is 5.75 Å². The summed E-state index contributed by atoms with van der Waals surface area (Å²) in [5.74, 6) is 1.91. The van der Waals surface area contributed by atoms with Crippen LogP contribution in [0.5, 0.6) is 5.75 Å². The zero-order chi connectivity index (χ0) is 22.2. The van der Waals surface area contributed by atoms with Gasteiger partial charge in [0.05, 0.1) is 10.8 Å². The van der Waals surface area contributed by atoms with Gasteiger partial charge in [-0.1, -0.05) is 79.7 Å². The molecule has 3 rings (SSSR count). The monoisotopic (exact) mass is 458 g/mol. The van der Waals surface area contributed by atoms with Gasteiger partial charge in [0.1, 0.15) is 5.75 Å². The molecular formula is C23H27ClN4O2S. The smallest absolute Gasteiger partial charge is 0.230 e. The zero-order valence-corrected chi connectivity index (χ0v) is 19.5. The molecule has 31 heavy (non-hydrogen) atoms. The summed E-state index contributed by atoms with van der Waals surface area (Å²) in [5, 5.41) is 12.9. The molecule has 2 aromatic carbocycles. The highest BCUT2D eigenvalue weighted by atomic mass is 35.5. The number of halogens is 1. The topological polar surface area (TPSA) is 69.0 Å². The fourth-order valence-corrected chi connectivity index (χ4v) is 3.97. The van der Waals surface area contributed by atoms with Crippen molar-refractivity contribution < 1.29 is 9.53 Å². The Hall–Kier alpha value is -2.51. The van der Waals surface area contributed by atoms with Gasteiger partial charge in [-0.05, 0) is 30.5 Å². The minimum Gasteiger partial charge on any atom is -0.481 e. The minimum atomic E-state index is -0.340. The van der Waals surface area contributed by atoms with E-state index in [9.17, 15) is 4.79 Å². The first-order valence-electron chi connectivity index (χ1n) is 10.2. The Morgan fingerprint density at radius 3 is 2.52 bits per heavy atom. The lowest BCUT2D eigenvalue weighted by Gasteiger charge is -2.18. The average Bonchev–Trinajstić information content (AvgIpc) is 3.15. The van der Waals surface area contributed by atoms with Crippen molar-refractivity contribution in [3.8, 4) is 5.75 Å². The molecule has 0 radical (unpaired) electrons. The summed E-state index contributed by atoms with van der Waals surface area (Å²) in [6.07, 6.45) is -0.340. The summed E-state index contributed by atoms with van der Waals surface area (Å²) in [7, 11) is 0. The first-order chi connectivity index (χ1) is 14.9. The maximum absolute atomic E-state index is 12.3. The summed E-state index contributed by atoms with van der Waals surface area (Å²) in [6, 6.07) is 17.2. The third-order valence-corrected chi connectivity index (χ3v) is 5.74. The molecule has 0 aliphatic heterocycles. The van der Waals surface area contributed by atoms with Crippen molar-refractivity contribution >= 4 is 29.3 Å². The molecule has 0 spiro atoms. The van der Waals surface area contributed by atoms with Gasteiger partial charge in [-0.15, -0.1) is 10.2 Å². The highest BCUT2D eigenvalue weighted by molar-refractivity contribution is 7.99. The number of nitrogens with one attached hydrogen (secondary N) is 1. The van der Waals surface area contributed by atoms with Gasteiger partial charge in [0, 0.05) is 13.1 Å². The Labute approximate surface area is 192 Å². The Balaban J connectivity index is 1.65. The molecule has 1 amide bonds. The van der Waals surface area contributed by atoms with E-state index >= 15 is 0 Å². The van der Waals surface area contributed by atoms with Gasteiger partial charge in [-0.2, -0.15) is 0 Å². The fraction of sp³-hybridized carbons (Fsp3) is 0.348. The van der Waals surface area contributed by atoms with Crippen molar-refractivity contribution in [3.63, 3.8) is 0 Å². The number of hydrogen-bond acceptors (Lipinski definition) is 5. The molecule has 0 aliphatic rings. The van der Waals surface area contributed by atoms with E-state index in [1.807, 2.05) is 60.0 Å². The number of rotatable bonds is 10. The molecule has 1 N–H and O–H groups in total. The summed E-state index contributed by atoms with van der Waals surface area (Å²) in [5.41, 5.74) is 1.07. The number of thioether (sulfide) groups is 1. The lowest BCUT2D eigenvalue weighted by Crippen LogP contribution is -2.24. The summed E-state index contributed by atoms with van der Waals surface area (Å²) < 4.78 is 8.07. The second kappa shape index (κ2) is 11.2. The Morgan fingerprint density at radius 2 is 1.81 bits per heavy atom. The van der Waals surface area contributed by atoms with Crippen LogP contribution in [-0.4, -0.2) is 26.4 Å². The molecule has 8 heteroatoms. The molecule has 1 aromatic heterocycles. The molecule has 1 heterocycles. The van der Waals surface area contributed by atoms with E-state index in [-0.39, 0.29) is 17.8 Å². The van der Waals surface area contributed by atoms with Crippen LogP contribution in [0.15, 0.2) is 59.8 Å². The first kappa shape index (κ1) is 23.2. The number of para-hydroxylation sites is 1. The van der Waals surface area contributed by atoms with Crippen molar-refractivity contribution in [3.05, 3.63) is 71.0 Å². The Kier molecular flexibility index (Phi) is 8.37. The van der Waals surface area contributed by atoms with Crippen molar-refractivity contribution in [1.29, 1.82) is 0 Å². The molecule has 0 saturated carbocycles. The third kappa shape index (κ3) is 6.74. The van der Waals surface area contributed by atoms with E-state index in [0.29, 0.717) is 34.2 Å². The predicted molar refractivity (Wildman–Crippen MR) is 124 cm³/mol. The second-order valence-electron chi connectivity index (χ2n) is 7.59. The standard InChI is InChI=1S/C23H27ClN4O2S/c1-16(2)14-28-22(17(3)30-20-12-8-7-11-19(20)24)26-27-23(28)31-15-21(29)25-13-18-9-5-4-6-10-18/h4-12,16-17H,13-15H2,1-3H3,(H,25,29). The average molecular weight is 459 g/mol. The van der Waals surface area contributed by atoms with Crippen LogP contribution in [0.1, 0.15) is 38.3 Å². The number of carbonyl (C=O) groups is 1. The molecule has 0 aliphatic carbocycles. The number of aromatic nitrogens is 3. The van der Waals surface area contributed by atoms with Gasteiger partial charge in [-0.25, -0.2) is 0 Å². The van der Waals surface area contributed by atoms with Gasteiger partial charge in [0.2, 0.25) is 5.91 Å². The van der Waals surface area contributed by atoms with E-state index in [0.717, 1.165) is 12.1 Å². The molecule has 0 saturated heterocycles. The highest BCUT2D eigenvalue weighted by Gasteiger charge is 2.21. The molecule has 164 valence electrons. The first-order valence-corrected chi connectivity index (χ1v) is 11.6. The molecular weight excluding hydrogens is 432 g/mol. The highest BCUT2D eigenvalue weighted by Crippen LogP contribution is 2.29. The lowest BCUT2D eigenvalue weighted by molar-refractivity contribution is -0.118. The zero-order valence-electron chi connectivity index (χ0n) is 17.9. The molecule has 3 aromatic rings. The van der Waals surface area contributed by atoms with Crippen LogP contribution in [-0.2, 0) is 17.9 Å². The molecule has 0 bridgehead atoms. The number of amides is 1. The van der Waals surface area contributed by atoms with Crippen LogP contribution in [0, 0.1) is 5.92 Å². The van der Waals surface area contributed by atoms with Gasteiger partial charge in [-0.3, -0.25) is 4.79 Å². The number of hydrogen-bond donors (Lipinski definition) is 1. The van der Waals surface area contributed by atoms with Crippen LogP contribution in [0.4, 0.5) is 0 Å². The third-order valence-electron chi connectivity index (χ3n) is 4.46. The van der Waals surface area contributed by atoms with Gasteiger partial charge in [0.15, 0.2) is 17.1 Å². The van der Waals surface area contributed by atoms with Gasteiger partial charge in [0.25, 0.3) is 0 Å².